The number of anilines is 1. The predicted molar refractivity (Wildman–Crippen MR) is 118 cm³/mol. The molecule has 0 heterocycles. The van der Waals surface area contributed by atoms with Crippen LogP contribution in [-0.2, 0) is 14.8 Å². The first kappa shape index (κ1) is 21.4. The van der Waals surface area contributed by atoms with Gasteiger partial charge in [0.05, 0.1) is 18.0 Å². The van der Waals surface area contributed by atoms with Gasteiger partial charge in [-0.3, -0.25) is 9.10 Å². The van der Waals surface area contributed by atoms with Gasteiger partial charge in [-0.15, -0.1) is 0 Å². The van der Waals surface area contributed by atoms with Gasteiger partial charge in [0, 0.05) is 0 Å². The summed E-state index contributed by atoms with van der Waals surface area (Å²) in [5, 5.41) is 2.84. The molecule has 0 radical (unpaired) electrons. The van der Waals surface area contributed by atoms with Crippen LogP contribution >= 0.6 is 0 Å². The van der Waals surface area contributed by atoms with Crippen LogP contribution in [-0.4, -0.2) is 27.1 Å². The molecule has 3 rings (SSSR count). The molecule has 0 unspecified atom stereocenters. The molecule has 0 aliphatic heterocycles. The first-order valence-corrected chi connectivity index (χ1v) is 11.3. The van der Waals surface area contributed by atoms with Crippen molar-refractivity contribution in [3.63, 3.8) is 0 Å². The van der Waals surface area contributed by atoms with Gasteiger partial charge < -0.3 is 10.1 Å². The third kappa shape index (κ3) is 5.84. The van der Waals surface area contributed by atoms with E-state index in [1.54, 1.807) is 24.3 Å². The van der Waals surface area contributed by atoms with Crippen LogP contribution in [0, 0.1) is 0 Å². The van der Waals surface area contributed by atoms with Crippen molar-refractivity contribution in [1.82, 2.24) is 5.32 Å². The van der Waals surface area contributed by atoms with E-state index in [1.165, 1.54) is 0 Å². The maximum Gasteiger partial charge on any atom is 0.241 e. The molecule has 0 aliphatic rings. The van der Waals surface area contributed by atoms with Crippen molar-refractivity contribution < 1.29 is 17.9 Å². The fraction of sp³-hybridized carbons (Fsp3) is 0.174. The van der Waals surface area contributed by atoms with Gasteiger partial charge >= 0.3 is 0 Å². The molecule has 0 saturated heterocycles. The third-order valence-electron chi connectivity index (χ3n) is 4.47. The normalized spacial score (nSPS) is 12.1. The number of ether oxygens (including phenoxy) is 1. The highest BCUT2D eigenvalue weighted by Gasteiger charge is 2.22. The van der Waals surface area contributed by atoms with Crippen molar-refractivity contribution in [2.24, 2.45) is 0 Å². The number of benzene rings is 3. The van der Waals surface area contributed by atoms with Crippen molar-refractivity contribution in [2.45, 2.75) is 13.0 Å². The average Bonchev–Trinajstić information content (AvgIpc) is 2.73. The minimum Gasteiger partial charge on any atom is -0.457 e. The van der Waals surface area contributed by atoms with E-state index in [2.05, 4.69) is 5.32 Å². The van der Waals surface area contributed by atoms with Crippen molar-refractivity contribution in [1.29, 1.82) is 0 Å². The molecule has 0 aliphatic carbocycles. The van der Waals surface area contributed by atoms with Crippen molar-refractivity contribution in [3.8, 4) is 11.5 Å². The van der Waals surface area contributed by atoms with Crippen molar-refractivity contribution >= 4 is 21.6 Å². The lowest BCUT2D eigenvalue weighted by molar-refractivity contribution is -0.120. The minimum absolute atomic E-state index is 0.234. The quantitative estimate of drug-likeness (QED) is 0.590. The van der Waals surface area contributed by atoms with Crippen LogP contribution < -0.4 is 14.4 Å². The zero-order chi connectivity index (χ0) is 21.6. The number of nitrogens with zero attached hydrogens (tertiary/aromatic N) is 1. The summed E-state index contributed by atoms with van der Waals surface area (Å²) < 4.78 is 31.4. The van der Waals surface area contributed by atoms with Gasteiger partial charge in [0.15, 0.2) is 0 Å². The Morgan fingerprint density at radius 3 is 2.00 bits per heavy atom. The molecule has 6 nitrogen and oxygen atoms in total. The molecule has 0 saturated carbocycles. The number of sulfonamides is 1. The van der Waals surface area contributed by atoms with Crippen molar-refractivity contribution in [3.05, 3.63) is 90.5 Å². The lowest BCUT2D eigenvalue weighted by Crippen LogP contribution is -2.41. The molecule has 0 spiro atoms. The largest absolute Gasteiger partial charge is 0.457 e. The number of hydrogen-bond donors (Lipinski definition) is 1. The van der Waals surface area contributed by atoms with E-state index in [4.69, 9.17) is 4.74 Å². The summed E-state index contributed by atoms with van der Waals surface area (Å²) in [6, 6.07) is 25.1. The van der Waals surface area contributed by atoms with Crippen LogP contribution in [0.2, 0.25) is 0 Å². The zero-order valence-corrected chi connectivity index (χ0v) is 17.7. The fourth-order valence-electron chi connectivity index (χ4n) is 2.95. The molecular weight excluding hydrogens is 400 g/mol. The molecule has 7 heteroatoms. The summed E-state index contributed by atoms with van der Waals surface area (Å²) in [6.07, 6.45) is 1.08. The van der Waals surface area contributed by atoms with Gasteiger partial charge in [0.2, 0.25) is 15.9 Å². The molecule has 1 amide bonds. The monoisotopic (exact) mass is 424 g/mol. The maximum atomic E-state index is 12.5. The summed E-state index contributed by atoms with van der Waals surface area (Å²) in [7, 11) is -3.65. The van der Waals surface area contributed by atoms with Gasteiger partial charge in [-0.2, -0.15) is 0 Å². The fourth-order valence-corrected chi connectivity index (χ4v) is 3.80. The van der Waals surface area contributed by atoms with E-state index in [9.17, 15) is 13.2 Å². The average molecular weight is 425 g/mol. The topological polar surface area (TPSA) is 75.7 Å². The number of carbonyl (C=O) groups is 1. The molecule has 0 aromatic heterocycles. The van der Waals surface area contributed by atoms with Gasteiger partial charge in [0.25, 0.3) is 0 Å². The number of amides is 1. The molecule has 1 N–H and O–H groups in total. The molecule has 0 fully saturated rings. The van der Waals surface area contributed by atoms with Gasteiger partial charge in [0.1, 0.15) is 18.0 Å². The van der Waals surface area contributed by atoms with Crippen LogP contribution in [0.15, 0.2) is 84.9 Å². The Morgan fingerprint density at radius 1 is 0.900 bits per heavy atom. The van der Waals surface area contributed by atoms with Crippen LogP contribution in [0.5, 0.6) is 11.5 Å². The highest BCUT2D eigenvalue weighted by molar-refractivity contribution is 7.92. The second kappa shape index (κ2) is 9.45. The number of rotatable bonds is 8. The highest BCUT2D eigenvalue weighted by Crippen LogP contribution is 2.25. The van der Waals surface area contributed by atoms with Gasteiger partial charge in [-0.05, 0) is 48.9 Å². The summed E-state index contributed by atoms with van der Waals surface area (Å²) in [6.45, 7) is 1.54. The molecule has 3 aromatic rings. The molecular formula is C23H24N2O4S. The summed E-state index contributed by atoms with van der Waals surface area (Å²) in [4.78, 5) is 12.5. The Kier molecular flexibility index (Phi) is 6.74. The van der Waals surface area contributed by atoms with Gasteiger partial charge in [-0.25, -0.2) is 8.42 Å². The van der Waals surface area contributed by atoms with Gasteiger partial charge in [-0.1, -0.05) is 48.5 Å². The predicted octanol–water partition coefficient (Wildman–Crippen LogP) is 4.12. The van der Waals surface area contributed by atoms with Crippen LogP contribution in [0.3, 0.4) is 0 Å². The Balaban J connectivity index is 1.70. The molecule has 156 valence electrons. The van der Waals surface area contributed by atoms with Crippen molar-refractivity contribution in [2.75, 3.05) is 17.1 Å². The van der Waals surface area contributed by atoms with Crippen LogP contribution in [0.25, 0.3) is 0 Å². The van der Waals surface area contributed by atoms with Crippen LogP contribution in [0.1, 0.15) is 18.5 Å². The number of para-hydroxylation sites is 1. The second-order valence-corrected chi connectivity index (χ2v) is 8.79. The van der Waals surface area contributed by atoms with Crippen LogP contribution in [0.4, 0.5) is 5.69 Å². The molecule has 1 atom stereocenters. The first-order chi connectivity index (χ1) is 14.3. The zero-order valence-electron chi connectivity index (χ0n) is 16.9. The third-order valence-corrected chi connectivity index (χ3v) is 5.61. The maximum absolute atomic E-state index is 12.5. The minimum atomic E-state index is -3.65. The Morgan fingerprint density at radius 2 is 1.43 bits per heavy atom. The van der Waals surface area contributed by atoms with E-state index >= 15 is 0 Å². The number of hydrogen-bond acceptors (Lipinski definition) is 4. The standard InChI is InChI=1S/C23H24N2O4S/c1-18(19-9-5-3-6-10-19)24-23(26)17-25(30(2,27)28)20-13-15-22(16-14-20)29-21-11-7-4-8-12-21/h3-16,18H,17H2,1-2H3,(H,24,26)/t18-/m0/s1. The Bertz CT molecular complexity index is 1070. The summed E-state index contributed by atoms with van der Waals surface area (Å²) >= 11 is 0. The summed E-state index contributed by atoms with van der Waals surface area (Å²) in [5.41, 5.74) is 1.33. The first-order valence-electron chi connectivity index (χ1n) is 9.48. The summed E-state index contributed by atoms with van der Waals surface area (Å²) in [5.74, 6) is 0.862. The van der Waals surface area contributed by atoms with E-state index in [1.807, 2.05) is 67.6 Å². The van der Waals surface area contributed by atoms with E-state index in [-0.39, 0.29) is 18.5 Å². The Labute approximate surface area is 177 Å². The lowest BCUT2D eigenvalue weighted by Gasteiger charge is -2.23. The van der Waals surface area contributed by atoms with E-state index in [0.29, 0.717) is 17.2 Å². The number of carbonyl (C=O) groups excluding carboxylic acids is 1. The SMILES string of the molecule is C[C@H](NC(=O)CN(c1ccc(Oc2ccccc2)cc1)S(C)(=O)=O)c1ccccc1. The van der Waals surface area contributed by atoms with E-state index < -0.39 is 10.0 Å². The number of nitrogens with one attached hydrogen (secondary N) is 1. The highest BCUT2D eigenvalue weighted by atomic mass is 32.2. The Hall–Kier alpha value is -3.32. The molecule has 0 bridgehead atoms. The molecule has 3 aromatic carbocycles. The lowest BCUT2D eigenvalue weighted by atomic mass is 10.1. The second-order valence-electron chi connectivity index (χ2n) is 6.88. The smallest absolute Gasteiger partial charge is 0.241 e. The van der Waals surface area contributed by atoms with E-state index in [0.717, 1.165) is 16.1 Å². The molecule has 30 heavy (non-hydrogen) atoms.